The van der Waals surface area contributed by atoms with Crippen molar-refractivity contribution in [2.75, 3.05) is 6.54 Å². The van der Waals surface area contributed by atoms with Crippen LogP contribution >= 0.6 is 0 Å². The van der Waals surface area contributed by atoms with E-state index in [1.807, 2.05) is 0 Å². The van der Waals surface area contributed by atoms with Crippen molar-refractivity contribution in [1.29, 1.82) is 0 Å². The SMILES string of the molecule is CCC1(C[N+](=O)[O-])CCCC1. The molecule has 0 aromatic heterocycles. The highest BCUT2D eigenvalue weighted by Crippen LogP contribution is 2.40. The van der Waals surface area contributed by atoms with Crippen molar-refractivity contribution in [3.05, 3.63) is 10.1 Å². The van der Waals surface area contributed by atoms with E-state index in [0.717, 1.165) is 19.3 Å². The first-order chi connectivity index (χ1) is 5.18. The Morgan fingerprint density at radius 2 is 2.00 bits per heavy atom. The van der Waals surface area contributed by atoms with Gasteiger partial charge in [-0.05, 0) is 19.3 Å². The molecule has 1 rings (SSSR count). The Balaban J connectivity index is 2.52. The highest BCUT2D eigenvalue weighted by molar-refractivity contribution is 4.82. The molecule has 0 heterocycles. The quantitative estimate of drug-likeness (QED) is 0.465. The van der Waals surface area contributed by atoms with Crippen LogP contribution < -0.4 is 0 Å². The molecule has 1 aliphatic carbocycles. The van der Waals surface area contributed by atoms with Gasteiger partial charge in [0.2, 0.25) is 6.54 Å². The zero-order chi connectivity index (χ0) is 8.32. The molecule has 0 radical (unpaired) electrons. The highest BCUT2D eigenvalue weighted by Gasteiger charge is 2.36. The summed E-state index contributed by atoms with van der Waals surface area (Å²) < 4.78 is 0. The molecule has 1 fully saturated rings. The van der Waals surface area contributed by atoms with Crippen molar-refractivity contribution in [2.24, 2.45) is 5.41 Å². The molecule has 3 nitrogen and oxygen atoms in total. The standard InChI is InChI=1S/C8H15NO2/c1-2-8(7-9(10)11)5-3-4-6-8/h2-7H2,1H3. The van der Waals surface area contributed by atoms with Gasteiger partial charge in [-0.25, -0.2) is 0 Å². The van der Waals surface area contributed by atoms with E-state index in [1.54, 1.807) is 0 Å². The minimum Gasteiger partial charge on any atom is -0.265 e. The van der Waals surface area contributed by atoms with E-state index < -0.39 is 0 Å². The summed E-state index contributed by atoms with van der Waals surface area (Å²) in [7, 11) is 0. The van der Waals surface area contributed by atoms with E-state index in [-0.39, 0.29) is 16.9 Å². The third kappa shape index (κ3) is 1.91. The molecule has 64 valence electrons. The lowest BCUT2D eigenvalue weighted by molar-refractivity contribution is -0.497. The maximum absolute atomic E-state index is 10.3. The molecule has 1 aliphatic rings. The molecule has 0 unspecified atom stereocenters. The minimum absolute atomic E-state index is 0.0590. The average Bonchev–Trinajstić information content (AvgIpc) is 2.36. The Morgan fingerprint density at radius 3 is 2.36 bits per heavy atom. The van der Waals surface area contributed by atoms with Crippen LogP contribution in [0.5, 0.6) is 0 Å². The van der Waals surface area contributed by atoms with E-state index in [1.165, 1.54) is 12.8 Å². The second kappa shape index (κ2) is 3.20. The summed E-state index contributed by atoms with van der Waals surface area (Å²) in [5.74, 6) is 0. The molecule has 1 saturated carbocycles. The first-order valence-electron chi connectivity index (χ1n) is 4.30. The van der Waals surface area contributed by atoms with Crippen molar-refractivity contribution < 1.29 is 4.92 Å². The molecule has 0 aliphatic heterocycles. The van der Waals surface area contributed by atoms with Gasteiger partial charge in [-0.15, -0.1) is 0 Å². The zero-order valence-corrected chi connectivity index (χ0v) is 7.01. The summed E-state index contributed by atoms with van der Waals surface area (Å²) >= 11 is 0. The lowest BCUT2D eigenvalue weighted by atomic mass is 9.84. The Kier molecular flexibility index (Phi) is 2.47. The van der Waals surface area contributed by atoms with Gasteiger partial charge in [0.15, 0.2) is 0 Å². The zero-order valence-electron chi connectivity index (χ0n) is 7.01. The number of hydrogen-bond acceptors (Lipinski definition) is 2. The van der Waals surface area contributed by atoms with Crippen LogP contribution in [-0.4, -0.2) is 11.5 Å². The van der Waals surface area contributed by atoms with Crippen LogP contribution in [0.2, 0.25) is 0 Å². The fourth-order valence-electron chi connectivity index (χ4n) is 2.02. The van der Waals surface area contributed by atoms with E-state index in [4.69, 9.17) is 0 Å². The van der Waals surface area contributed by atoms with Crippen molar-refractivity contribution in [2.45, 2.75) is 39.0 Å². The predicted octanol–water partition coefficient (Wildman–Crippen LogP) is 2.23. The van der Waals surface area contributed by atoms with E-state index in [2.05, 4.69) is 6.92 Å². The number of nitrogens with zero attached hydrogens (tertiary/aromatic N) is 1. The fourth-order valence-corrected chi connectivity index (χ4v) is 2.02. The highest BCUT2D eigenvalue weighted by atomic mass is 16.6. The smallest absolute Gasteiger partial charge is 0.209 e. The van der Waals surface area contributed by atoms with Gasteiger partial charge in [-0.3, -0.25) is 10.1 Å². The van der Waals surface area contributed by atoms with Gasteiger partial charge in [0.25, 0.3) is 0 Å². The maximum Gasteiger partial charge on any atom is 0.209 e. The number of nitro groups is 1. The van der Waals surface area contributed by atoms with Gasteiger partial charge in [0.05, 0.1) is 0 Å². The molecule has 0 spiro atoms. The molecule has 0 aromatic rings. The molecule has 11 heavy (non-hydrogen) atoms. The van der Waals surface area contributed by atoms with E-state index in [0.29, 0.717) is 0 Å². The predicted molar refractivity (Wildman–Crippen MR) is 43.1 cm³/mol. The first kappa shape index (κ1) is 8.50. The van der Waals surface area contributed by atoms with Crippen LogP contribution in [-0.2, 0) is 0 Å². The normalized spacial score (nSPS) is 21.9. The Labute approximate surface area is 66.9 Å². The summed E-state index contributed by atoms with van der Waals surface area (Å²) in [5, 5.41) is 10.3. The van der Waals surface area contributed by atoms with Crippen molar-refractivity contribution in [1.82, 2.24) is 0 Å². The summed E-state index contributed by atoms with van der Waals surface area (Å²) in [6, 6.07) is 0. The van der Waals surface area contributed by atoms with E-state index in [9.17, 15) is 10.1 Å². The van der Waals surface area contributed by atoms with Gasteiger partial charge in [0, 0.05) is 10.3 Å². The third-order valence-corrected chi connectivity index (χ3v) is 2.88. The summed E-state index contributed by atoms with van der Waals surface area (Å²) in [5.41, 5.74) is 0.0590. The second-order valence-electron chi connectivity index (χ2n) is 3.55. The summed E-state index contributed by atoms with van der Waals surface area (Å²) in [6.45, 7) is 2.25. The number of hydrogen-bond donors (Lipinski definition) is 0. The van der Waals surface area contributed by atoms with Crippen LogP contribution in [0.3, 0.4) is 0 Å². The van der Waals surface area contributed by atoms with Gasteiger partial charge >= 0.3 is 0 Å². The van der Waals surface area contributed by atoms with Crippen LogP contribution in [0.25, 0.3) is 0 Å². The van der Waals surface area contributed by atoms with Crippen molar-refractivity contribution in [3.8, 4) is 0 Å². The van der Waals surface area contributed by atoms with Gasteiger partial charge in [-0.2, -0.15) is 0 Å². The monoisotopic (exact) mass is 157 g/mol. The maximum atomic E-state index is 10.3. The summed E-state index contributed by atoms with van der Waals surface area (Å²) in [4.78, 5) is 10.2. The van der Waals surface area contributed by atoms with Crippen LogP contribution in [0, 0.1) is 15.5 Å². The van der Waals surface area contributed by atoms with Gasteiger partial charge in [0.1, 0.15) is 0 Å². The Hall–Kier alpha value is -0.600. The Morgan fingerprint density at radius 1 is 1.45 bits per heavy atom. The third-order valence-electron chi connectivity index (χ3n) is 2.88. The molecular formula is C8H15NO2. The number of rotatable bonds is 3. The molecule has 0 amide bonds. The first-order valence-corrected chi connectivity index (χ1v) is 4.30. The molecule has 0 bridgehead atoms. The molecular weight excluding hydrogens is 142 g/mol. The fraction of sp³-hybridized carbons (Fsp3) is 1.00. The van der Waals surface area contributed by atoms with Crippen LogP contribution in [0.4, 0.5) is 0 Å². The molecule has 0 saturated heterocycles. The van der Waals surface area contributed by atoms with Gasteiger partial charge in [-0.1, -0.05) is 19.8 Å². The molecule has 3 heteroatoms. The molecule has 0 N–H and O–H groups in total. The van der Waals surface area contributed by atoms with Crippen LogP contribution in [0.15, 0.2) is 0 Å². The molecule has 0 atom stereocenters. The topological polar surface area (TPSA) is 43.1 Å². The largest absolute Gasteiger partial charge is 0.265 e. The Bertz CT molecular complexity index is 150. The average molecular weight is 157 g/mol. The van der Waals surface area contributed by atoms with Gasteiger partial charge < -0.3 is 0 Å². The van der Waals surface area contributed by atoms with Crippen LogP contribution in [0.1, 0.15) is 39.0 Å². The summed E-state index contributed by atoms with van der Waals surface area (Å²) in [6.07, 6.45) is 5.45. The molecule has 0 aromatic carbocycles. The minimum atomic E-state index is -0.158. The lowest BCUT2D eigenvalue weighted by Gasteiger charge is -2.21. The van der Waals surface area contributed by atoms with E-state index >= 15 is 0 Å². The lowest BCUT2D eigenvalue weighted by Crippen LogP contribution is -2.25. The van der Waals surface area contributed by atoms with Crippen molar-refractivity contribution >= 4 is 0 Å². The van der Waals surface area contributed by atoms with Crippen molar-refractivity contribution in [3.63, 3.8) is 0 Å². The second-order valence-corrected chi connectivity index (χ2v) is 3.55.